The molecule has 1 aliphatic carbocycles. The highest BCUT2D eigenvalue weighted by Gasteiger charge is 2.26. The van der Waals surface area contributed by atoms with E-state index in [1.807, 2.05) is 0 Å². The Bertz CT molecular complexity index is 1770. The fourth-order valence-electron chi connectivity index (χ4n) is 5.26. The highest BCUT2D eigenvalue weighted by atomic mass is 16.5. The molecule has 15 nitrogen and oxygen atoms in total. The minimum absolute atomic E-state index is 0.0291. The number of aromatic nitrogens is 6. The number of amides is 2. The zero-order valence-electron chi connectivity index (χ0n) is 24.4. The number of ether oxygens (including phenoxy) is 1. The maximum absolute atomic E-state index is 13.4. The van der Waals surface area contributed by atoms with Gasteiger partial charge in [0.05, 0.1) is 23.9 Å². The number of fused-ring (bicyclic) bond motifs is 1. The van der Waals surface area contributed by atoms with E-state index in [1.165, 1.54) is 42.8 Å². The SMILES string of the molecule is CC(=O)c1c(C)c2cnc(Nc3ccc(OCCN(C(C)=O)c4ncc(C(=O)NO)cn4)cn3)nc2n(C2CCCC2)c1=O. The van der Waals surface area contributed by atoms with Gasteiger partial charge in [-0.15, -0.1) is 0 Å². The number of hydroxylamine groups is 1. The van der Waals surface area contributed by atoms with Gasteiger partial charge in [-0.1, -0.05) is 12.8 Å². The lowest BCUT2D eigenvalue weighted by Crippen LogP contribution is -2.34. The average molecular weight is 602 g/mol. The molecule has 0 saturated heterocycles. The number of aryl methyl sites for hydroxylation is 1. The molecule has 5 rings (SSSR count). The van der Waals surface area contributed by atoms with Gasteiger partial charge in [0.25, 0.3) is 11.5 Å². The van der Waals surface area contributed by atoms with Gasteiger partial charge in [-0.2, -0.15) is 4.98 Å². The molecule has 3 N–H and O–H groups in total. The Balaban J connectivity index is 1.28. The molecule has 4 aromatic rings. The lowest BCUT2D eigenvalue weighted by Gasteiger charge is -2.19. The smallest absolute Gasteiger partial charge is 0.277 e. The average Bonchev–Trinajstić information content (AvgIpc) is 3.54. The first-order chi connectivity index (χ1) is 21.2. The molecule has 0 unspecified atom stereocenters. The molecule has 1 aliphatic rings. The monoisotopic (exact) mass is 601 g/mol. The molecule has 0 bridgehead atoms. The minimum atomic E-state index is -0.769. The molecule has 4 aromatic heterocycles. The quantitative estimate of drug-likeness (QED) is 0.137. The summed E-state index contributed by atoms with van der Waals surface area (Å²) in [5, 5.41) is 12.4. The van der Waals surface area contributed by atoms with E-state index in [1.54, 1.807) is 29.8 Å². The van der Waals surface area contributed by atoms with E-state index in [0.29, 0.717) is 28.2 Å². The zero-order valence-corrected chi connectivity index (χ0v) is 24.4. The number of ketones is 1. The lowest BCUT2D eigenvalue weighted by atomic mass is 10.0. The third-order valence-corrected chi connectivity index (χ3v) is 7.43. The summed E-state index contributed by atoms with van der Waals surface area (Å²) in [5.74, 6) is -0.164. The standard InChI is InChI=1S/C29H31N9O6/c1-16-22-15-31-28(35-25(22)38(20-6-4-5-7-20)27(42)24(16)17(2)39)34-23-9-8-21(14-30-23)44-11-10-37(18(3)40)29-32-12-19(13-33-29)26(41)36-43/h8-9,12-15,20,43H,4-7,10-11H2,1-3H3,(H,36,41)(H,30,31,34,35). The molecule has 0 radical (unpaired) electrons. The molecule has 1 saturated carbocycles. The van der Waals surface area contributed by atoms with Gasteiger partial charge in [0.2, 0.25) is 17.8 Å². The number of anilines is 3. The summed E-state index contributed by atoms with van der Waals surface area (Å²) in [5.41, 5.74) is 2.43. The van der Waals surface area contributed by atoms with Crippen LogP contribution in [0.4, 0.5) is 17.7 Å². The molecule has 4 heterocycles. The van der Waals surface area contributed by atoms with E-state index < -0.39 is 5.91 Å². The van der Waals surface area contributed by atoms with Crippen molar-refractivity contribution in [3.63, 3.8) is 0 Å². The third kappa shape index (κ3) is 6.22. The van der Waals surface area contributed by atoms with Crippen molar-refractivity contribution in [1.29, 1.82) is 0 Å². The Hall–Kier alpha value is -5.31. The summed E-state index contributed by atoms with van der Waals surface area (Å²) in [4.78, 5) is 72.1. The van der Waals surface area contributed by atoms with Gasteiger partial charge in [-0.3, -0.25) is 33.9 Å². The van der Waals surface area contributed by atoms with Crippen LogP contribution in [-0.2, 0) is 4.79 Å². The summed E-state index contributed by atoms with van der Waals surface area (Å²) in [7, 11) is 0. The van der Waals surface area contributed by atoms with Crippen molar-refractivity contribution in [3.05, 3.63) is 64.0 Å². The van der Waals surface area contributed by atoms with E-state index in [2.05, 4.69) is 30.2 Å². The number of rotatable bonds is 10. The minimum Gasteiger partial charge on any atom is -0.490 e. The van der Waals surface area contributed by atoms with Gasteiger partial charge in [0.1, 0.15) is 23.8 Å². The van der Waals surface area contributed by atoms with E-state index in [4.69, 9.17) is 9.94 Å². The van der Waals surface area contributed by atoms with E-state index >= 15 is 0 Å². The summed E-state index contributed by atoms with van der Waals surface area (Å²) >= 11 is 0. The van der Waals surface area contributed by atoms with Crippen LogP contribution in [0.3, 0.4) is 0 Å². The van der Waals surface area contributed by atoms with Crippen molar-refractivity contribution < 1.29 is 24.3 Å². The van der Waals surface area contributed by atoms with Gasteiger partial charge in [0, 0.05) is 36.9 Å². The van der Waals surface area contributed by atoms with Crippen molar-refractivity contribution >= 4 is 46.3 Å². The van der Waals surface area contributed by atoms with Crippen LogP contribution < -0.4 is 26.0 Å². The largest absolute Gasteiger partial charge is 0.490 e. The van der Waals surface area contributed by atoms with Crippen LogP contribution in [0, 0.1) is 6.92 Å². The highest BCUT2D eigenvalue weighted by molar-refractivity contribution is 5.99. The number of nitrogens with zero attached hydrogens (tertiary/aromatic N) is 7. The van der Waals surface area contributed by atoms with Crippen molar-refractivity contribution in [3.8, 4) is 5.75 Å². The summed E-state index contributed by atoms with van der Waals surface area (Å²) in [6, 6.07) is 3.33. The molecule has 1 fully saturated rings. The second-order valence-corrected chi connectivity index (χ2v) is 10.3. The Morgan fingerprint density at radius 3 is 2.39 bits per heavy atom. The maximum Gasteiger partial charge on any atom is 0.277 e. The van der Waals surface area contributed by atoms with Gasteiger partial charge in [0.15, 0.2) is 5.78 Å². The predicted molar refractivity (Wildman–Crippen MR) is 158 cm³/mol. The summed E-state index contributed by atoms with van der Waals surface area (Å²) in [6.07, 6.45) is 9.21. The number of hydrogen-bond acceptors (Lipinski definition) is 12. The van der Waals surface area contributed by atoms with Crippen LogP contribution in [0.25, 0.3) is 11.0 Å². The molecule has 0 atom stereocenters. The summed E-state index contributed by atoms with van der Waals surface area (Å²) in [6.45, 7) is 4.72. The Labute approximate surface area is 251 Å². The van der Waals surface area contributed by atoms with E-state index in [-0.39, 0.29) is 59.5 Å². The second kappa shape index (κ2) is 12.9. The van der Waals surface area contributed by atoms with Crippen LogP contribution in [0.1, 0.15) is 71.9 Å². The van der Waals surface area contributed by atoms with Crippen LogP contribution in [0.2, 0.25) is 0 Å². The number of carbonyl (C=O) groups is 3. The molecular formula is C29H31N9O6. The Morgan fingerprint density at radius 2 is 1.77 bits per heavy atom. The van der Waals surface area contributed by atoms with Crippen LogP contribution >= 0.6 is 0 Å². The van der Waals surface area contributed by atoms with Crippen molar-refractivity contribution in [1.82, 2.24) is 35.0 Å². The molecule has 228 valence electrons. The van der Waals surface area contributed by atoms with E-state index in [0.717, 1.165) is 25.7 Å². The number of carbonyl (C=O) groups excluding carboxylic acids is 3. The molecular weight excluding hydrogens is 570 g/mol. The lowest BCUT2D eigenvalue weighted by molar-refractivity contribution is -0.116. The third-order valence-electron chi connectivity index (χ3n) is 7.43. The molecule has 0 spiro atoms. The molecule has 15 heteroatoms. The second-order valence-electron chi connectivity index (χ2n) is 10.3. The van der Waals surface area contributed by atoms with Crippen LogP contribution in [0.5, 0.6) is 5.75 Å². The molecule has 0 aliphatic heterocycles. The fourth-order valence-corrected chi connectivity index (χ4v) is 5.26. The van der Waals surface area contributed by atoms with Crippen molar-refractivity contribution in [2.75, 3.05) is 23.4 Å². The van der Waals surface area contributed by atoms with Gasteiger partial charge >= 0.3 is 0 Å². The van der Waals surface area contributed by atoms with Crippen molar-refractivity contribution in [2.45, 2.75) is 52.5 Å². The highest BCUT2D eigenvalue weighted by Crippen LogP contribution is 2.32. The normalized spacial score (nSPS) is 13.1. The number of pyridine rings is 2. The zero-order chi connectivity index (χ0) is 31.4. The topological polar surface area (TPSA) is 194 Å². The Kier molecular flexibility index (Phi) is 8.85. The van der Waals surface area contributed by atoms with Gasteiger partial charge < -0.3 is 10.1 Å². The first-order valence-electron chi connectivity index (χ1n) is 14.0. The molecule has 0 aromatic carbocycles. The predicted octanol–water partition coefficient (Wildman–Crippen LogP) is 2.90. The number of nitrogens with one attached hydrogen (secondary N) is 2. The summed E-state index contributed by atoms with van der Waals surface area (Å²) < 4.78 is 7.40. The first kappa shape index (κ1) is 30.2. The Morgan fingerprint density at radius 1 is 1.05 bits per heavy atom. The van der Waals surface area contributed by atoms with Crippen molar-refractivity contribution in [2.24, 2.45) is 0 Å². The molecule has 44 heavy (non-hydrogen) atoms. The fraction of sp³-hybridized carbons (Fsp3) is 0.345. The van der Waals surface area contributed by atoms with Crippen LogP contribution in [0.15, 0.2) is 41.7 Å². The molecule has 2 amide bonds. The maximum atomic E-state index is 13.4. The van der Waals surface area contributed by atoms with E-state index in [9.17, 15) is 19.2 Å². The number of hydrogen-bond donors (Lipinski definition) is 3. The van der Waals surface area contributed by atoms with Gasteiger partial charge in [-0.05, 0) is 44.4 Å². The van der Waals surface area contributed by atoms with Gasteiger partial charge in [-0.25, -0.2) is 25.4 Å². The first-order valence-corrected chi connectivity index (χ1v) is 14.0. The van der Waals surface area contributed by atoms with Crippen LogP contribution in [-0.4, -0.2) is 65.4 Å². The number of Topliss-reactive ketones (excluding diaryl/α,β-unsaturated/α-hetero) is 1.